The minimum Gasteiger partial charge on any atom is -0.364 e. The van der Waals surface area contributed by atoms with Crippen LogP contribution in [0.4, 0.5) is 0 Å². The fraction of sp³-hybridized carbons (Fsp3) is 0.200. The van der Waals surface area contributed by atoms with Gasteiger partial charge in [0.1, 0.15) is 6.26 Å². The zero-order chi connectivity index (χ0) is 9.64. The lowest BCUT2D eigenvalue weighted by Gasteiger charge is -2.00. The van der Waals surface area contributed by atoms with Crippen LogP contribution in [0.5, 0.6) is 0 Å². The lowest BCUT2D eigenvalue weighted by atomic mass is 10.3. The van der Waals surface area contributed by atoms with Crippen LogP contribution < -0.4 is 5.32 Å². The van der Waals surface area contributed by atoms with Crippen molar-refractivity contribution >= 4 is 0 Å². The minimum absolute atomic E-state index is 0.714. The molecule has 0 spiro atoms. The van der Waals surface area contributed by atoms with Crippen molar-refractivity contribution in [1.29, 1.82) is 0 Å². The number of hydrogen-bond donors (Lipinski definition) is 1. The van der Waals surface area contributed by atoms with Gasteiger partial charge in [0.2, 0.25) is 0 Å². The maximum absolute atomic E-state index is 4.71. The van der Waals surface area contributed by atoms with Gasteiger partial charge in [0.15, 0.2) is 0 Å². The van der Waals surface area contributed by atoms with Gasteiger partial charge < -0.3 is 9.84 Å². The molecule has 0 radical (unpaired) electrons. The van der Waals surface area contributed by atoms with E-state index in [2.05, 4.69) is 15.5 Å². The summed E-state index contributed by atoms with van der Waals surface area (Å²) in [5, 5.41) is 7.04. The zero-order valence-corrected chi connectivity index (χ0v) is 7.68. The SMILES string of the molecule is c1cncc(CNCc2ccon2)c1. The van der Waals surface area contributed by atoms with Crippen molar-refractivity contribution in [2.24, 2.45) is 0 Å². The molecule has 2 rings (SSSR count). The number of aromatic nitrogens is 2. The average molecular weight is 189 g/mol. The highest BCUT2D eigenvalue weighted by molar-refractivity contribution is 5.08. The first-order valence-corrected chi connectivity index (χ1v) is 4.44. The zero-order valence-electron chi connectivity index (χ0n) is 7.68. The lowest BCUT2D eigenvalue weighted by Crippen LogP contribution is -2.12. The number of nitrogens with one attached hydrogen (secondary N) is 1. The van der Waals surface area contributed by atoms with E-state index < -0.39 is 0 Å². The summed E-state index contributed by atoms with van der Waals surface area (Å²) in [4.78, 5) is 4.03. The van der Waals surface area contributed by atoms with Gasteiger partial charge >= 0.3 is 0 Å². The Balaban J connectivity index is 1.79. The summed E-state index contributed by atoms with van der Waals surface area (Å²) < 4.78 is 4.71. The van der Waals surface area contributed by atoms with E-state index in [0.29, 0.717) is 6.54 Å². The Morgan fingerprint density at radius 3 is 3.00 bits per heavy atom. The highest BCUT2D eigenvalue weighted by Gasteiger charge is 1.95. The fourth-order valence-corrected chi connectivity index (χ4v) is 1.17. The highest BCUT2D eigenvalue weighted by atomic mass is 16.5. The van der Waals surface area contributed by atoms with E-state index in [1.807, 2.05) is 24.4 Å². The third-order valence-corrected chi connectivity index (χ3v) is 1.85. The summed E-state index contributed by atoms with van der Waals surface area (Å²) in [6.45, 7) is 1.51. The van der Waals surface area contributed by atoms with Crippen molar-refractivity contribution in [3.05, 3.63) is 48.1 Å². The molecule has 4 nitrogen and oxygen atoms in total. The second-order valence-electron chi connectivity index (χ2n) is 2.96. The van der Waals surface area contributed by atoms with Crippen molar-refractivity contribution in [2.45, 2.75) is 13.1 Å². The first kappa shape index (κ1) is 8.90. The van der Waals surface area contributed by atoms with E-state index in [0.717, 1.165) is 17.8 Å². The van der Waals surface area contributed by atoms with Gasteiger partial charge in [-0.05, 0) is 11.6 Å². The predicted octanol–water partition coefficient (Wildman–Crippen LogP) is 1.36. The molecule has 0 unspecified atom stereocenters. The number of hydrogen-bond acceptors (Lipinski definition) is 4. The monoisotopic (exact) mass is 189 g/mol. The normalized spacial score (nSPS) is 10.3. The largest absolute Gasteiger partial charge is 0.364 e. The molecule has 0 aliphatic rings. The van der Waals surface area contributed by atoms with E-state index in [1.54, 1.807) is 12.5 Å². The molecule has 1 N–H and O–H groups in total. The van der Waals surface area contributed by atoms with Crippen molar-refractivity contribution in [2.75, 3.05) is 0 Å². The molecule has 0 fully saturated rings. The summed E-state index contributed by atoms with van der Waals surface area (Å²) >= 11 is 0. The number of rotatable bonds is 4. The Hall–Kier alpha value is -1.68. The number of nitrogens with zero attached hydrogens (tertiary/aromatic N) is 2. The Bertz CT molecular complexity index is 358. The molecule has 2 aromatic heterocycles. The maximum atomic E-state index is 4.71. The molecule has 72 valence electrons. The fourth-order valence-electron chi connectivity index (χ4n) is 1.17. The van der Waals surface area contributed by atoms with Gasteiger partial charge in [0.05, 0.1) is 5.69 Å². The molecule has 0 saturated carbocycles. The molecule has 14 heavy (non-hydrogen) atoms. The minimum atomic E-state index is 0.714. The van der Waals surface area contributed by atoms with Gasteiger partial charge in [-0.15, -0.1) is 0 Å². The van der Waals surface area contributed by atoms with Crippen LogP contribution in [0.25, 0.3) is 0 Å². The standard InChI is InChI=1S/C10H11N3O/c1-2-9(6-11-4-1)7-12-8-10-3-5-14-13-10/h1-6,12H,7-8H2. The molecule has 0 aromatic carbocycles. The van der Waals surface area contributed by atoms with Gasteiger partial charge in [-0.3, -0.25) is 4.98 Å². The van der Waals surface area contributed by atoms with E-state index in [4.69, 9.17) is 4.52 Å². The van der Waals surface area contributed by atoms with Gasteiger partial charge in [-0.2, -0.15) is 0 Å². The highest BCUT2D eigenvalue weighted by Crippen LogP contribution is 1.97. The van der Waals surface area contributed by atoms with Crippen LogP contribution in [0.3, 0.4) is 0 Å². The first-order chi connectivity index (χ1) is 6.95. The molecule has 0 amide bonds. The van der Waals surface area contributed by atoms with Crippen LogP contribution in [0.1, 0.15) is 11.3 Å². The van der Waals surface area contributed by atoms with Crippen LogP contribution >= 0.6 is 0 Å². The van der Waals surface area contributed by atoms with Gasteiger partial charge in [0.25, 0.3) is 0 Å². The lowest BCUT2D eigenvalue weighted by molar-refractivity contribution is 0.408. The van der Waals surface area contributed by atoms with Crippen LogP contribution in [0.2, 0.25) is 0 Å². The average Bonchev–Trinajstić information content (AvgIpc) is 2.72. The topological polar surface area (TPSA) is 51.0 Å². The van der Waals surface area contributed by atoms with E-state index in [1.165, 1.54) is 0 Å². The number of pyridine rings is 1. The van der Waals surface area contributed by atoms with Crippen LogP contribution in [0, 0.1) is 0 Å². The molecule has 0 bridgehead atoms. The molecule has 0 aliphatic heterocycles. The second kappa shape index (κ2) is 4.53. The Labute approximate surface area is 82.0 Å². The van der Waals surface area contributed by atoms with Crippen LogP contribution in [-0.2, 0) is 13.1 Å². The van der Waals surface area contributed by atoms with E-state index in [-0.39, 0.29) is 0 Å². The predicted molar refractivity (Wildman–Crippen MR) is 51.3 cm³/mol. The van der Waals surface area contributed by atoms with Gasteiger partial charge in [0, 0.05) is 31.5 Å². The quantitative estimate of drug-likeness (QED) is 0.789. The Kier molecular flexibility index (Phi) is 2.88. The van der Waals surface area contributed by atoms with Crippen molar-refractivity contribution < 1.29 is 4.52 Å². The van der Waals surface area contributed by atoms with Gasteiger partial charge in [-0.1, -0.05) is 11.2 Å². The summed E-state index contributed by atoms with van der Waals surface area (Å²) in [6, 6.07) is 5.80. The Morgan fingerprint density at radius 2 is 2.29 bits per heavy atom. The summed E-state index contributed by atoms with van der Waals surface area (Å²) in [5.74, 6) is 0. The van der Waals surface area contributed by atoms with Crippen LogP contribution in [-0.4, -0.2) is 10.1 Å². The molecular weight excluding hydrogens is 178 g/mol. The van der Waals surface area contributed by atoms with Gasteiger partial charge in [-0.25, -0.2) is 0 Å². The van der Waals surface area contributed by atoms with Crippen molar-refractivity contribution in [1.82, 2.24) is 15.5 Å². The summed E-state index contributed by atoms with van der Waals surface area (Å²) in [6.07, 6.45) is 5.18. The Morgan fingerprint density at radius 1 is 1.29 bits per heavy atom. The molecule has 0 saturated heterocycles. The molecule has 2 aromatic rings. The summed E-state index contributed by atoms with van der Waals surface area (Å²) in [7, 11) is 0. The molecule has 4 heteroatoms. The molecule has 2 heterocycles. The molecule has 0 aliphatic carbocycles. The third-order valence-electron chi connectivity index (χ3n) is 1.85. The maximum Gasteiger partial charge on any atom is 0.124 e. The van der Waals surface area contributed by atoms with Crippen molar-refractivity contribution in [3.8, 4) is 0 Å². The van der Waals surface area contributed by atoms with Crippen molar-refractivity contribution in [3.63, 3.8) is 0 Å². The smallest absolute Gasteiger partial charge is 0.124 e. The molecular formula is C10H11N3O. The second-order valence-corrected chi connectivity index (χ2v) is 2.96. The van der Waals surface area contributed by atoms with Crippen LogP contribution in [0.15, 0.2) is 41.4 Å². The van der Waals surface area contributed by atoms with E-state index in [9.17, 15) is 0 Å². The molecule has 0 atom stereocenters. The third kappa shape index (κ3) is 2.40. The summed E-state index contributed by atoms with van der Waals surface area (Å²) in [5.41, 5.74) is 2.07. The first-order valence-electron chi connectivity index (χ1n) is 4.44. The van der Waals surface area contributed by atoms with E-state index >= 15 is 0 Å².